The average Bonchev–Trinajstić information content (AvgIpc) is 2.81. The second kappa shape index (κ2) is 5.74. The van der Waals surface area contributed by atoms with E-state index in [1.807, 2.05) is 12.1 Å². The first-order valence-corrected chi connectivity index (χ1v) is 8.21. The maximum Gasteiger partial charge on any atom is 0.134 e. The summed E-state index contributed by atoms with van der Waals surface area (Å²) in [6.45, 7) is 2.10. The minimum Gasteiger partial charge on any atom is -0.460 e. The molecule has 3 aromatic rings. The Hall–Kier alpha value is -1.06. The number of halogens is 2. The van der Waals surface area contributed by atoms with Crippen LogP contribution in [0.1, 0.15) is 21.7 Å². The van der Waals surface area contributed by atoms with Gasteiger partial charge in [-0.25, -0.2) is 0 Å². The quantitative estimate of drug-likeness (QED) is 0.484. The summed E-state index contributed by atoms with van der Waals surface area (Å²) in [6, 6.07) is 16.8. The van der Waals surface area contributed by atoms with Crippen LogP contribution < -0.4 is 0 Å². The maximum absolute atomic E-state index is 5.93. The van der Waals surface area contributed by atoms with Gasteiger partial charge in [0.25, 0.3) is 0 Å². The highest BCUT2D eigenvalue weighted by atomic mass is 79.9. The molecule has 0 radical (unpaired) electrons. The number of furan rings is 1. The largest absolute Gasteiger partial charge is 0.460 e. The van der Waals surface area contributed by atoms with Crippen molar-refractivity contribution < 1.29 is 4.42 Å². The van der Waals surface area contributed by atoms with Gasteiger partial charge < -0.3 is 4.42 Å². The van der Waals surface area contributed by atoms with Crippen molar-refractivity contribution in [3.05, 3.63) is 69.9 Å². The lowest BCUT2D eigenvalue weighted by molar-refractivity contribution is 0.545. The zero-order chi connectivity index (χ0) is 14.1. The van der Waals surface area contributed by atoms with Gasteiger partial charge in [-0.1, -0.05) is 55.6 Å². The molecular weight excluding hydrogens is 380 g/mol. The Labute approximate surface area is 135 Å². The van der Waals surface area contributed by atoms with Crippen molar-refractivity contribution in [2.45, 2.75) is 18.2 Å². The Balaban J connectivity index is 1.86. The summed E-state index contributed by atoms with van der Waals surface area (Å²) >= 11 is 7.24. The van der Waals surface area contributed by atoms with E-state index in [1.165, 1.54) is 16.5 Å². The van der Waals surface area contributed by atoms with Crippen LogP contribution >= 0.6 is 31.9 Å². The molecule has 2 aromatic carbocycles. The number of hydrogen-bond donors (Lipinski definition) is 0. The van der Waals surface area contributed by atoms with Crippen LogP contribution in [-0.2, 0) is 6.42 Å². The van der Waals surface area contributed by atoms with Gasteiger partial charge in [0.2, 0.25) is 0 Å². The van der Waals surface area contributed by atoms with Crippen molar-refractivity contribution in [2.75, 3.05) is 0 Å². The fourth-order valence-corrected chi connectivity index (χ4v) is 3.36. The summed E-state index contributed by atoms with van der Waals surface area (Å²) in [5, 5.41) is 1.17. The van der Waals surface area contributed by atoms with Gasteiger partial charge in [-0.05, 0) is 49.2 Å². The molecular formula is C17H14Br2O. The van der Waals surface area contributed by atoms with E-state index in [9.17, 15) is 0 Å². The molecule has 1 aromatic heterocycles. The summed E-state index contributed by atoms with van der Waals surface area (Å²) < 4.78 is 7.04. The van der Waals surface area contributed by atoms with Crippen LogP contribution in [-0.4, -0.2) is 0 Å². The number of aryl methyl sites for hydroxylation is 1. The zero-order valence-electron chi connectivity index (χ0n) is 11.1. The van der Waals surface area contributed by atoms with Crippen LogP contribution in [0.3, 0.4) is 0 Å². The van der Waals surface area contributed by atoms with Gasteiger partial charge in [0.15, 0.2) is 0 Å². The lowest BCUT2D eigenvalue weighted by Crippen LogP contribution is -1.93. The second-order valence-corrected chi connectivity index (χ2v) is 7.01. The normalized spacial score (nSPS) is 12.8. The van der Waals surface area contributed by atoms with Gasteiger partial charge in [-0.15, -0.1) is 0 Å². The Morgan fingerprint density at radius 2 is 1.95 bits per heavy atom. The van der Waals surface area contributed by atoms with Crippen LogP contribution in [0.2, 0.25) is 0 Å². The second-order valence-electron chi connectivity index (χ2n) is 4.99. The van der Waals surface area contributed by atoms with Crippen LogP contribution in [0.4, 0.5) is 0 Å². The molecule has 0 amide bonds. The van der Waals surface area contributed by atoms with E-state index < -0.39 is 0 Å². The Bertz CT molecular complexity index is 746. The van der Waals surface area contributed by atoms with E-state index in [0.29, 0.717) is 0 Å². The van der Waals surface area contributed by atoms with Gasteiger partial charge in [-0.2, -0.15) is 0 Å². The maximum atomic E-state index is 5.93. The summed E-state index contributed by atoms with van der Waals surface area (Å²) in [4.78, 5) is 0.185. The monoisotopic (exact) mass is 392 g/mol. The van der Waals surface area contributed by atoms with Crippen LogP contribution in [0, 0.1) is 6.92 Å². The smallest absolute Gasteiger partial charge is 0.134 e. The lowest BCUT2D eigenvalue weighted by Gasteiger charge is -2.07. The summed E-state index contributed by atoms with van der Waals surface area (Å²) in [7, 11) is 0. The molecule has 3 heteroatoms. The first kappa shape index (κ1) is 13.9. The summed E-state index contributed by atoms with van der Waals surface area (Å²) in [5.74, 6) is 0.977. The van der Waals surface area contributed by atoms with Crippen molar-refractivity contribution in [3.8, 4) is 0 Å². The Kier molecular flexibility index (Phi) is 3.99. The van der Waals surface area contributed by atoms with E-state index in [2.05, 4.69) is 75.2 Å². The van der Waals surface area contributed by atoms with Crippen LogP contribution in [0.15, 0.2) is 57.4 Å². The number of alkyl halides is 1. The minimum atomic E-state index is 0.185. The van der Waals surface area contributed by atoms with Gasteiger partial charge in [0.05, 0.1) is 4.83 Å². The third-order valence-electron chi connectivity index (χ3n) is 3.30. The molecule has 20 heavy (non-hydrogen) atoms. The molecule has 3 rings (SSSR count). The highest BCUT2D eigenvalue weighted by Crippen LogP contribution is 2.32. The molecule has 0 aliphatic carbocycles. The molecule has 0 saturated heterocycles. The van der Waals surface area contributed by atoms with Crippen molar-refractivity contribution in [2.24, 2.45) is 0 Å². The number of rotatable bonds is 3. The minimum absolute atomic E-state index is 0.185. The molecule has 0 bridgehead atoms. The van der Waals surface area contributed by atoms with Gasteiger partial charge in [0, 0.05) is 9.86 Å². The highest BCUT2D eigenvalue weighted by molar-refractivity contribution is 9.10. The number of hydrogen-bond acceptors (Lipinski definition) is 1. The van der Waals surface area contributed by atoms with Crippen LogP contribution in [0.5, 0.6) is 0 Å². The standard InChI is InChI=1S/C17H14Br2O/c1-11-5-6-16-13(7-11)10-17(20-16)15(19)9-12-3-2-4-14(18)8-12/h2-8,10,15H,9H2,1H3. The lowest BCUT2D eigenvalue weighted by atomic mass is 10.1. The summed E-state index contributed by atoms with van der Waals surface area (Å²) in [6.07, 6.45) is 0.901. The molecule has 0 spiro atoms. The van der Waals surface area contributed by atoms with Crippen molar-refractivity contribution in [1.29, 1.82) is 0 Å². The molecule has 0 saturated carbocycles. The molecule has 0 aliphatic heterocycles. The molecule has 0 fully saturated rings. The number of fused-ring (bicyclic) bond motifs is 1. The number of benzene rings is 2. The van der Waals surface area contributed by atoms with Crippen molar-refractivity contribution >= 4 is 42.8 Å². The SMILES string of the molecule is Cc1ccc2oc(C(Br)Cc3cccc(Br)c3)cc2c1. The van der Waals surface area contributed by atoms with E-state index in [4.69, 9.17) is 4.42 Å². The molecule has 1 atom stereocenters. The van der Waals surface area contributed by atoms with E-state index in [1.54, 1.807) is 0 Å². The van der Waals surface area contributed by atoms with E-state index in [-0.39, 0.29) is 4.83 Å². The molecule has 0 N–H and O–H groups in total. The first-order valence-electron chi connectivity index (χ1n) is 6.50. The van der Waals surface area contributed by atoms with Crippen molar-refractivity contribution in [1.82, 2.24) is 0 Å². The molecule has 0 aliphatic rings. The van der Waals surface area contributed by atoms with Gasteiger partial charge in [-0.3, -0.25) is 0 Å². The molecule has 1 nitrogen and oxygen atoms in total. The van der Waals surface area contributed by atoms with Gasteiger partial charge in [0.1, 0.15) is 11.3 Å². The fraction of sp³-hybridized carbons (Fsp3) is 0.176. The average molecular weight is 394 g/mol. The van der Waals surface area contributed by atoms with Crippen molar-refractivity contribution in [3.63, 3.8) is 0 Å². The first-order chi connectivity index (χ1) is 9.61. The predicted molar refractivity (Wildman–Crippen MR) is 90.5 cm³/mol. The third kappa shape index (κ3) is 2.99. The van der Waals surface area contributed by atoms with E-state index >= 15 is 0 Å². The Morgan fingerprint density at radius 3 is 2.75 bits per heavy atom. The topological polar surface area (TPSA) is 13.1 Å². The van der Waals surface area contributed by atoms with Crippen LogP contribution in [0.25, 0.3) is 11.0 Å². The fourth-order valence-electron chi connectivity index (χ4n) is 2.31. The van der Waals surface area contributed by atoms with E-state index in [0.717, 1.165) is 22.2 Å². The molecule has 1 unspecified atom stereocenters. The summed E-state index contributed by atoms with van der Waals surface area (Å²) in [5.41, 5.74) is 3.48. The highest BCUT2D eigenvalue weighted by Gasteiger charge is 2.14. The molecule has 102 valence electrons. The predicted octanol–water partition coefficient (Wildman–Crippen LogP) is 6.18. The Morgan fingerprint density at radius 1 is 1.10 bits per heavy atom. The molecule has 1 heterocycles. The van der Waals surface area contributed by atoms with Gasteiger partial charge >= 0.3 is 0 Å². The third-order valence-corrected chi connectivity index (χ3v) is 4.57. The zero-order valence-corrected chi connectivity index (χ0v) is 14.2.